The van der Waals surface area contributed by atoms with E-state index in [4.69, 9.17) is 0 Å². The first-order valence-electron chi connectivity index (χ1n) is 16.2. The zero-order valence-electron chi connectivity index (χ0n) is 27.1. The molecule has 48 heavy (non-hydrogen) atoms. The molecule has 0 unspecified atom stereocenters. The van der Waals surface area contributed by atoms with Gasteiger partial charge >= 0.3 is 0 Å². The fourth-order valence-electron chi connectivity index (χ4n) is 5.22. The third kappa shape index (κ3) is 11.5. The Labute approximate surface area is 282 Å². The van der Waals surface area contributed by atoms with E-state index in [2.05, 4.69) is 39.7 Å². The summed E-state index contributed by atoms with van der Waals surface area (Å²) in [7, 11) is 0. The highest BCUT2D eigenvalue weighted by Crippen LogP contribution is 2.25. The molecule has 10 nitrogen and oxygen atoms in total. The summed E-state index contributed by atoms with van der Waals surface area (Å²) in [6.07, 6.45) is 12.1. The van der Waals surface area contributed by atoms with E-state index in [9.17, 15) is 10.2 Å². The van der Waals surface area contributed by atoms with Gasteiger partial charge in [-0.05, 0) is 73.5 Å². The lowest BCUT2D eigenvalue weighted by molar-refractivity contribution is 0.249. The molecule has 5 rings (SSSR count). The van der Waals surface area contributed by atoms with Crippen LogP contribution in [0, 0.1) is 0 Å². The number of rotatable bonds is 18. The van der Waals surface area contributed by atoms with Crippen LogP contribution in [0.1, 0.15) is 46.7 Å². The van der Waals surface area contributed by atoms with Crippen molar-refractivity contribution < 1.29 is 10.2 Å². The van der Waals surface area contributed by atoms with E-state index in [0.717, 1.165) is 48.7 Å². The van der Waals surface area contributed by atoms with Gasteiger partial charge in [-0.3, -0.25) is 39.7 Å². The first kappa shape index (κ1) is 34.0. The Balaban J connectivity index is 1.10. The number of hydrogen-bond acceptors (Lipinski definition) is 10. The van der Waals surface area contributed by atoms with E-state index in [-0.39, 0.29) is 11.5 Å². The molecular formula is C38H42N8O2. The van der Waals surface area contributed by atoms with Crippen molar-refractivity contribution in [2.24, 2.45) is 9.98 Å². The van der Waals surface area contributed by atoms with Crippen LogP contribution in [-0.4, -0.2) is 78.6 Å². The van der Waals surface area contributed by atoms with E-state index in [0.29, 0.717) is 50.4 Å². The smallest absolute Gasteiger partial charge is 0.125 e. The summed E-state index contributed by atoms with van der Waals surface area (Å²) in [5.41, 5.74) is 4.94. The maximum atomic E-state index is 10.6. The van der Waals surface area contributed by atoms with E-state index >= 15 is 0 Å². The van der Waals surface area contributed by atoms with E-state index < -0.39 is 0 Å². The summed E-state index contributed by atoms with van der Waals surface area (Å²) in [5, 5.41) is 21.3. The van der Waals surface area contributed by atoms with Crippen LogP contribution < -0.4 is 0 Å². The Kier molecular flexibility index (Phi) is 13.3. The Bertz CT molecular complexity index is 1490. The molecule has 10 heteroatoms. The topological polar surface area (TPSA) is 123 Å². The molecule has 0 aliphatic heterocycles. The quantitative estimate of drug-likeness (QED) is 0.0709. The fourth-order valence-corrected chi connectivity index (χ4v) is 5.22. The second-order valence-corrected chi connectivity index (χ2v) is 11.5. The Morgan fingerprint density at radius 3 is 1.12 bits per heavy atom. The number of aromatic nitrogens is 4. The highest BCUT2D eigenvalue weighted by atomic mass is 16.3. The van der Waals surface area contributed by atoms with Crippen molar-refractivity contribution in [3.05, 3.63) is 144 Å². The molecule has 246 valence electrons. The van der Waals surface area contributed by atoms with E-state index in [1.165, 1.54) is 12.1 Å². The molecule has 4 heterocycles. The summed E-state index contributed by atoms with van der Waals surface area (Å²) >= 11 is 0. The molecule has 0 bridgehead atoms. The van der Waals surface area contributed by atoms with Crippen LogP contribution in [0.3, 0.4) is 0 Å². The normalized spacial score (nSPS) is 11.7. The Morgan fingerprint density at radius 1 is 0.500 bits per heavy atom. The van der Waals surface area contributed by atoms with Gasteiger partial charge < -0.3 is 10.2 Å². The lowest BCUT2D eigenvalue weighted by atomic mass is 10.1. The maximum Gasteiger partial charge on any atom is 0.125 e. The van der Waals surface area contributed by atoms with Gasteiger partial charge in [-0.2, -0.15) is 0 Å². The summed E-state index contributed by atoms with van der Waals surface area (Å²) < 4.78 is 0. The first-order valence-corrected chi connectivity index (χ1v) is 16.2. The molecular weight excluding hydrogens is 600 g/mol. The molecule has 0 amide bonds. The van der Waals surface area contributed by atoms with Crippen LogP contribution >= 0.6 is 0 Å². The van der Waals surface area contributed by atoms with Crippen LogP contribution in [-0.2, 0) is 26.2 Å². The average molecular weight is 643 g/mol. The van der Waals surface area contributed by atoms with Crippen LogP contribution in [0.2, 0.25) is 0 Å². The summed E-state index contributed by atoms with van der Waals surface area (Å²) in [6.45, 7) is 5.62. The minimum absolute atomic E-state index is 0.0434. The van der Waals surface area contributed by atoms with E-state index in [1.807, 2.05) is 97.6 Å². The zero-order valence-corrected chi connectivity index (χ0v) is 27.1. The standard InChI is InChI=1S/C38H42N8O2/c47-37-24-32(26-40-16-10-22-46(29-35-13-3-7-19-43-35)30-36-14-4-8-20-44-36)38(48)23-31(37)25-39-15-9-21-45(27-33-11-1-5-17-41-33)28-34-12-2-6-18-42-34/h1-8,11-14,17-20,23-26,47-48H,9-10,15-16,21-22,27-30H2. The van der Waals surface area contributed by atoms with Gasteiger partial charge in [-0.1, -0.05) is 24.3 Å². The SMILES string of the molecule is Oc1cc(C=NCCCN(Cc2ccccn2)Cc2ccccn2)c(O)cc1C=NCCCN(Cc1ccccn1)Cc1ccccn1. The van der Waals surface area contributed by atoms with Gasteiger partial charge in [0, 0.05) is 101 Å². The van der Waals surface area contributed by atoms with Gasteiger partial charge in [0.05, 0.1) is 22.8 Å². The summed E-state index contributed by atoms with van der Waals surface area (Å²) in [4.78, 5) is 31.5. The highest BCUT2D eigenvalue weighted by Gasteiger charge is 2.11. The first-order chi connectivity index (χ1) is 23.6. The van der Waals surface area contributed by atoms with Crippen LogP contribution in [0.15, 0.2) is 120 Å². The van der Waals surface area contributed by atoms with Crippen molar-refractivity contribution in [1.82, 2.24) is 29.7 Å². The third-order valence-electron chi connectivity index (χ3n) is 7.61. The van der Waals surface area contributed by atoms with Gasteiger partial charge in [-0.15, -0.1) is 0 Å². The molecule has 0 radical (unpaired) electrons. The monoisotopic (exact) mass is 642 g/mol. The molecule has 0 aliphatic rings. The average Bonchev–Trinajstić information content (AvgIpc) is 3.11. The van der Waals surface area contributed by atoms with Crippen LogP contribution in [0.25, 0.3) is 0 Å². The number of aliphatic imine (C=N–C) groups is 2. The molecule has 5 aromatic rings. The van der Waals surface area contributed by atoms with Crippen LogP contribution in [0.5, 0.6) is 11.5 Å². The summed E-state index contributed by atoms with van der Waals surface area (Å²) in [5.74, 6) is 0.0867. The number of pyridine rings is 4. The van der Waals surface area contributed by atoms with Crippen molar-refractivity contribution in [1.29, 1.82) is 0 Å². The molecule has 0 saturated heterocycles. The number of benzene rings is 1. The van der Waals surface area contributed by atoms with Gasteiger partial charge in [-0.25, -0.2) is 0 Å². The predicted octanol–water partition coefficient (Wildman–Crippen LogP) is 5.70. The molecule has 0 aliphatic carbocycles. The minimum atomic E-state index is 0.0434. The van der Waals surface area contributed by atoms with Gasteiger partial charge in [0.25, 0.3) is 0 Å². The zero-order chi connectivity index (χ0) is 33.2. The van der Waals surface area contributed by atoms with E-state index in [1.54, 1.807) is 12.4 Å². The van der Waals surface area contributed by atoms with Gasteiger partial charge in [0.2, 0.25) is 0 Å². The molecule has 0 fully saturated rings. The molecule has 0 spiro atoms. The third-order valence-corrected chi connectivity index (χ3v) is 7.61. The minimum Gasteiger partial charge on any atom is -0.507 e. The number of aromatic hydroxyl groups is 2. The second kappa shape index (κ2) is 18.7. The number of hydrogen-bond donors (Lipinski definition) is 2. The lowest BCUT2D eigenvalue weighted by Gasteiger charge is -2.21. The molecule has 1 aromatic carbocycles. The molecule has 2 N–H and O–H groups in total. The fraction of sp³-hybridized carbons (Fsp3) is 0.263. The number of nitrogens with zero attached hydrogens (tertiary/aromatic N) is 8. The van der Waals surface area contributed by atoms with Crippen molar-refractivity contribution in [3.63, 3.8) is 0 Å². The largest absolute Gasteiger partial charge is 0.507 e. The van der Waals surface area contributed by atoms with Gasteiger partial charge in [0.15, 0.2) is 0 Å². The highest BCUT2D eigenvalue weighted by molar-refractivity contribution is 5.90. The van der Waals surface area contributed by atoms with Gasteiger partial charge in [0.1, 0.15) is 11.5 Å². The maximum absolute atomic E-state index is 10.6. The molecule has 0 saturated carbocycles. The Morgan fingerprint density at radius 2 is 0.833 bits per heavy atom. The second-order valence-electron chi connectivity index (χ2n) is 11.5. The van der Waals surface area contributed by atoms with Crippen molar-refractivity contribution >= 4 is 12.4 Å². The number of phenols is 2. The molecule has 4 aromatic heterocycles. The van der Waals surface area contributed by atoms with Crippen molar-refractivity contribution in [2.45, 2.75) is 39.0 Å². The predicted molar refractivity (Wildman–Crippen MR) is 189 cm³/mol. The van der Waals surface area contributed by atoms with Crippen molar-refractivity contribution in [3.8, 4) is 11.5 Å². The van der Waals surface area contributed by atoms with Crippen molar-refractivity contribution in [2.75, 3.05) is 26.2 Å². The lowest BCUT2D eigenvalue weighted by Crippen LogP contribution is -2.25. The van der Waals surface area contributed by atoms with Crippen LogP contribution in [0.4, 0.5) is 0 Å². The summed E-state index contributed by atoms with van der Waals surface area (Å²) in [6, 6.07) is 26.8. The Hall–Kier alpha value is -5.32. The molecule has 0 atom stereocenters. The number of phenolic OH excluding ortho intramolecular Hbond substituents is 2.